The molecule has 0 spiro atoms. The summed E-state index contributed by atoms with van der Waals surface area (Å²) in [7, 11) is 0. The Morgan fingerprint density at radius 3 is 2.53 bits per heavy atom. The molecular weight excluding hydrogens is 488 g/mol. The number of piperidine rings is 1. The quantitative estimate of drug-likeness (QED) is 0.348. The molecule has 4 aromatic rings. The van der Waals surface area contributed by atoms with E-state index in [1.54, 1.807) is 0 Å². The van der Waals surface area contributed by atoms with Gasteiger partial charge in [-0.3, -0.25) is 14.3 Å². The fourth-order valence-electron chi connectivity index (χ4n) is 4.79. The van der Waals surface area contributed by atoms with Crippen molar-refractivity contribution in [2.45, 2.75) is 32.4 Å². The lowest BCUT2D eigenvalue weighted by molar-refractivity contribution is -0.127. The SMILES string of the molecule is C[C@H](NC(=O)C1CCN(Cc2nc3ccccc3n2-c2cccc(Br)c2)CC1)c1ccccc1. The molecule has 3 aromatic carbocycles. The van der Waals surface area contributed by atoms with E-state index in [1.165, 1.54) is 0 Å². The molecular formula is C28H29BrN4O. The van der Waals surface area contributed by atoms with Gasteiger partial charge in [0.05, 0.1) is 23.6 Å². The number of rotatable bonds is 6. The van der Waals surface area contributed by atoms with Crippen molar-refractivity contribution in [3.8, 4) is 5.69 Å². The summed E-state index contributed by atoms with van der Waals surface area (Å²) in [4.78, 5) is 20.3. The minimum absolute atomic E-state index is 0.0248. The standard InChI is InChI=1S/C28H29BrN4O/c1-20(21-8-3-2-4-9-21)30-28(34)22-14-16-32(17-15-22)19-27-31-25-12-5-6-13-26(25)33(27)24-11-7-10-23(29)18-24/h2-13,18,20,22H,14-17,19H2,1H3,(H,30,34)/t20-/m0/s1. The van der Waals surface area contributed by atoms with Gasteiger partial charge >= 0.3 is 0 Å². The highest BCUT2D eigenvalue weighted by Crippen LogP contribution is 2.26. The van der Waals surface area contributed by atoms with Crippen LogP contribution in [-0.2, 0) is 11.3 Å². The number of nitrogens with one attached hydrogen (secondary N) is 1. The molecule has 34 heavy (non-hydrogen) atoms. The minimum Gasteiger partial charge on any atom is -0.349 e. The zero-order valence-corrected chi connectivity index (χ0v) is 20.9. The number of nitrogens with zero attached hydrogens (tertiary/aromatic N) is 3. The summed E-state index contributed by atoms with van der Waals surface area (Å²) in [6.07, 6.45) is 1.73. The molecule has 0 radical (unpaired) electrons. The number of aromatic nitrogens is 2. The average Bonchev–Trinajstić information content (AvgIpc) is 3.22. The van der Waals surface area contributed by atoms with Gasteiger partial charge in [-0.15, -0.1) is 0 Å². The van der Waals surface area contributed by atoms with Crippen molar-refractivity contribution in [3.63, 3.8) is 0 Å². The summed E-state index contributed by atoms with van der Waals surface area (Å²) in [5, 5.41) is 3.21. The van der Waals surface area contributed by atoms with Crippen molar-refractivity contribution in [1.82, 2.24) is 19.8 Å². The van der Waals surface area contributed by atoms with Crippen molar-refractivity contribution in [2.24, 2.45) is 5.92 Å². The summed E-state index contributed by atoms with van der Waals surface area (Å²) in [6.45, 7) is 4.59. The molecule has 0 unspecified atom stereocenters. The number of carbonyl (C=O) groups is 1. The highest BCUT2D eigenvalue weighted by Gasteiger charge is 2.27. The molecule has 6 heteroatoms. The zero-order valence-electron chi connectivity index (χ0n) is 19.3. The zero-order chi connectivity index (χ0) is 23.5. The molecule has 1 saturated heterocycles. The first-order valence-electron chi connectivity index (χ1n) is 11.9. The largest absolute Gasteiger partial charge is 0.349 e. The second-order valence-electron chi connectivity index (χ2n) is 9.02. The molecule has 1 N–H and O–H groups in total. The first-order chi connectivity index (χ1) is 16.6. The molecule has 1 aromatic heterocycles. The van der Waals surface area contributed by atoms with Gasteiger partial charge in [0.2, 0.25) is 5.91 Å². The topological polar surface area (TPSA) is 50.2 Å². The number of fused-ring (bicyclic) bond motifs is 1. The summed E-state index contributed by atoms with van der Waals surface area (Å²) in [5.41, 5.74) is 4.35. The van der Waals surface area contributed by atoms with Crippen LogP contribution < -0.4 is 5.32 Å². The van der Waals surface area contributed by atoms with E-state index in [4.69, 9.17) is 4.98 Å². The van der Waals surface area contributed by atoms with Crippen LogP contribution in [0, 0.1) is 5.92 Å². The lowest BCUT2D eigenvalue weighted by Gasteiger charge is -2.31. The van der Waals surface area contributed by atoms with Crippen LogP contribution in [0.25, 0.3) is 16.7 Å². The first kappa shape index (κ1) is 22.8. The van der Waals surface area contributed by atoms with Gasteiger partial charge in [-0.05, 0) is 68.8 Å². The van der Waals surface area contributed by atoms with E-state index in [0.29, 0.717) is 0 Å². The number of carbonyl (C=O) groups excluding carboxylic acids is 1. The van der Waals surface area contributed by atoms with Crippen LogP contribution in [-0.4, -0.2) is 33.4 Å². The van der Waals surface area contributed by atoms with Crippen LogP contribution in [0.15, 0.2) is 83.3 Å². The van der Waals surface area contributed by atoms with Gasteiger partial charge in [0, 0.05) is 16.1 Å². The second kappa shape index (κ2) is 10.1. The molecule has 1 aliphatic rings. The number of halogens is 1. The summed E-state index contributed by atoms with van der Waals surface area (Å²) in [6, 6.07) is 26.8. The van der Waals surface area contributed by atoms with Crippen LogP contribution >= 0.6 is 15.9 Å². The fourth-order valence-corrected chi connectivity index (χ4v) is 5.18. The van der Waals surface area contributed by atoms with E-state index in [2.05, 4.69) is 86.2 Å². The number of imidazole rings is 1. The second-order valence-corrected chi connectivity index (χ2v) is 9.94. The molecule has 0 aliphatic carbocycles. The molecule has 2 heterocycles. The predicted molar refractivity (Wildman–Crippen MR) is 140 cm³/mol. The minimum atomic E-state index is 0.0248. The average molecular weight is 517 g/mol. The molecule has 0 saturated carbocycles. The smallest absolute Gasteiger partial charge is 0.223 e. The third kappa shape index (κ3) is 4.93. The van der Waals surface area contributed by atoms with Gasteiger partial charge in [-0.1, -0.05) is 64.5 Å². The van der Waals surface area contributed by atoms with Gasteiger partial charge < -0.3 is 5.32 Å². The third-order valence-corrected chi connectivity index (χ3v) is 7.17. The molecule has 5 nitrogen and oxygen atoms in total. The Bertz CT molecular complexity index is 1280. The van der Waals surface area contributed by atoms with Crippen LogP contribution in [0.3, 0.4) is 0 Å². The van der Waals surface area contributed by atoms with Gasteiger partial charge in [0.25, 0.3) is 0 Å². The molecule has 174 valence electrons. The lowest BCUT2D eigenvalue weighted by atomic mass is 9.95. The maximum atomic E-state index is 12.9. The van der Waals surface area contributed by atoms with Gasteiger partial charge in [-0.2, -0.15) is 0 Å². The van der Waals surface area contributed by atoms with Crippen molar-refractivity contribution in [1.29, 1.82) is 0 Å². The maximum absolute atomic E-state index is 12.9. The molecule has 1 amide bonds. The van der Waals surface area contributed by atoms with Crippen molar-refractivity contribution < 1.29 is 4.79 Å². The van der Waals surface area contributed by atoms with E-state index in [1.807, 2.05) is 30.3 Å². The van der Waals surface area contributed by atoms with E-state index in [-0.39, 0.29) is 17.9 Å². The number of para-hydroxylation sites is 2. The number of benzene rings is 3. The number of hydrogen-bond acceptors (Lipinski definition) is 3. The van der Waals surface area contributed by atoms with Crippen LogP contribution in [0.2, 0.25) is 0 Å². The van der Waals surface area contributed by atoms with E-state index >= 15 is 0 Å². The maximum Gasteiger partial charge on any atom is 0.223 e. The van der Waals surface area contributed by atoms with Crippen LogP contribution in [0.5, 0.6) is 0 Å². The highest BCUT2D eigenvalue weighted by atomic mass is 79.9. The van der Waals surface area contributed by atoms with Crippen LogP contribution in [0.4, 0.5) is 0 Å². The molecule has 5 rings (SSSR count). The van der Waals surface area contributed by atoms with Crippen LogP contribution in [0.1, 0.15) is 37.2 Å². The van der Waals surface area contributed by atoms with Gasteiger partial charge in [-0.25, -0.2) is 4.98 Å². The summed E-state index contributed by atoms with van der Waals surface area (Å²) >= 11 is 3.60. The predicted octanol–water partition coefficient (Wildman–Crippen LogP) is 5.88. The Morgan fingerprint density at radius 1 is 1.03 bits per heavy atom. The fraction of sp³-hybridized carbons (Fsp3) is 0.286. The summed E-state index contributed by atoms with van der Waals surface area (Å²) < 4.78 is 3.30. The lowest BCUT2D eigenvalue weighted by Crippen LogP contribution is -2.41. The normalized spacial score (nSPS) is 15.9. The number of amides is 1. The Kier molecular flexibility index (Phi) is 6.79. The van der Waals surface area contributed by atoms with E-state index < -0.39 is 0 Å². The van der Waals surface area contributed by atoms with Crippen molar-refractivity contribution >= 4 is 32.9 Å². The summed E-state index contributed by atoms with van der Waals surface area (Å²) in [5.74, 6) is 1.25. The number of likely N-dealkylation sites (tertiary alicyclic amines) is 1. The first-order valence-corrected chi connectivity index (χ1v) is 12.7. The van der Waals surface area contributed by atoms with Gasteiger partial charge in [0.1, 0.15) is 5.82 Å². The van der Waals surface area contributed by atoms with Gasteiger partial charge in [0.15, 0.2) is 0 Å². The Hall–Kier alpha value is -2.96. The Labute approximate surface area is 208 Å². The highest BCUT2D eigenvalue weighted by molar-refractivity contribution is 9.10. The van der Waals surface area contributed by atoms with E-state index in [0.717, 1.165) is 65.1 Å². The monoisotopic (exact) mass is 516 g/mol. The third-order valence-electron chi connectivity index (χ3n) is 6.68. The Balaban J connectivity index is 1.27. The molecule has 1 aliphatic heterocycles. The molecule has 1 fully saturated rings. The van der Waals surface area contributed by atoms with Crippen molar-refractivity contribution in [3.05, 3.63) is 94.7 Å². The van der Waals surface area contributed by atoms with Crippen molar-refractivity contribution in [2.75, 3.05) is 13.1 Å². The molecule has 0 bridgehead atoms. The molecule has 1 atom stereocenters. The number of hydrogen-bond donors (Lipinski definition) is 1. The Morgan fingerprint density at radius 2 is 1.76 bits per heavy atom. The van der Waals surface area contributed by atoms with E-state index in [9.17, 15) is 4.79 Å².